The molecule has 0 atom stereocenters. The molecule has 1 heterocycles. The first-order chi connectivity index (χ1) is 10.6. The van der Waals surface area contributed by atoms with Gasteiger partial charge >= 0.3 is 0 Å². The summed E-state index contributed by atoms with van der Waals surface area (Å²) < 4.78 is 5.08. The van der Waals surface area contributed by atoms with E-state index >= 15 is 0 Å². The molecule has 5 nitrogen and oxygen atoms in total. The number of halogens is 2. The molecule has 2 rings (SSSR count). The van der Waals surface area contributed by atoms with E-state index in [0.29, 0.717) is 21.4 Å². The number of hydrogen-bond donors (Lipinski definition) is 2. The van der Waals surface area contributed by atoms with E-state index in [1.807, 2.05) is 0 Å². The minimum absolute atomic E-state index is 0.0178. The van der Waals surface area contributed by atoms with E-state index in [1.165, 1.54) is 6.26 Å². The van der Waals surface area contributed by atoms with Crippen LogP contribution in [0, 0.1) is 0 Å². The molecule has 2 amide bonds. The smallest absolute Gasteiger partial charge is 0.239 e. The van der Waals surface area contributed by atoms with Crippen LogP contribution in [0.25, 0.3) is 0 Å². The van der Waals surface area contributed by atoms with E-state index in [9.17, 15) is 9.59 Å². The van der Waals surface area contributed by atoms with Crippen molar-refractivity contribution in [2.24, 2.45) is 0 Å². The van der Waals surface area contributed by atoms with Gasteiger partial charge in [-0.25, -0.2) is 0 Å². The molecule has 116 valence electrons. The second-order valence-corrected chi connectivity index (χ2v) is 5.32. The summed E-state index contributed by atoms with van der Waals surface area (Å²) in [6.07, 6.45) is 1.54. The lowest BCUT2D eigenvalue weighted by atomic mass is 10.1. The van der Waals surface area contributed by atoms with Gasteiger partial charge in [0.25, 0.3) is 0 Å². The van der Waals surface area contributed by atoms with Crippen LogP contribution >= 0.6 is 23.2 Å². The van der Waals surface area contributed by atoms with Crippen LogP contribution in [0.5, 0.6) is 0 Å². The van der Waals surface area contributed by atoms with Crippen LogP contribution < -0.4 is 10.6 Å². The summed E-state index contributed by atoms with van der Waals surface area (Å²) >= 11 is 12.0. The predicted octanol–water partition coefficient (Wildman–Crippen LogP) is 2.56. The molecule has 0 fully saturated rings. The number of rotatable bonds is 6. The first kappa shape index (κ1) is 16.4. The molecule has 0 aliphatic rings. The second kappa shape index (κ2) is 7.87. The van der Waals surface area contributed by atoms with Crippen LogP contribution in [0.2, 0.25) is 10.0 Å². The second-order valence-electron chi connectivity index (χ2n) is 4.51. The van der Waals surface area contributed by atoms with Gasteiger partial charge in [-0.05, 0) is 29.8 Å². The zero-order chi connectivity index (χ0) is 15.9. The Bertz CT molecular complexity index is 637. The SMILES string of the molecule is O=C(CNC(=O)Cc1c(Cl)cccc1Cl)NCc1ccco1. The monoisotopic (exact) mass is 340 g/mol. The Kier molecular flexibility index (Phi) is 5.86. The average molecular weight is 341 g/mol. The topological polar surface area (TPSA) is 71.3 Å². The highest BCUT2D eigenvalue weighted by atomic mass is 35.5. The zero-order valence-corrected chi connectivity index (χ0v) is 13.1. The van der Waals surface area contributed by atoms with Gasteiger partial charge in [0.1, 0.15) is 5.76 Å². The maximum absolute atomic E-state index is 11.8. The van der Waals surface area contributed by atoms with Gasteiger partial charge in [0.05, 0.1) is 25.8 Å². The van der Waals surface area contributed by atoms with E-state index < -0.39 is 0 Å². The lowest BCUT2D eigenvalue weighted by Crippen LogP contribution is -2.37. The molecule has 0 saturated carbocycles. The van der Waals surface area contributed by atoms with E-state index in [4.69, 9.17) is 27.6 Å². The number of carbonyl (C=O) groups excluding carboxylic acids is 2. The molecular formula is C15H14Cl2N2O3. The minimum Gasteiger partial charge on any atom is -0.467 e. The van der Waals surface area contributed by atoms with Crippen LogP contribution in [0.3, 0.4) is 0 Å². The van der Waals surface area contributed by atoms with Crippen molar-refractivity contribution in [1.82, 2.24) is 10.6 Å². The maximum atomic E-state index is 11.8. The normalized spacial score (nSPS) is 10.3. The lowest BCUT2D eigenvalue weighted by Gasteiger charge is -2.08. The Hall–Kier alpha value is -1.98. The molecule has 2 N–H and O–H groups in total. The molecule has 0 saturated heterocycles. The Labute approximate surface area is 137 Å². The average Bonchev–Trinajstić information content (AvgIpc) is 3.00. The highest BCUT2D eigenvalue weighted by Crippen LogP contribution is 2.24. The van der Waals surface area contributed by atoms with Gasteiger partial charge in [0.2, 0.25) is 11.8 Å². The summed E-state index contributed by atoms with van der Waals surface area (Å²) in [4.78, 5) is 23.4. The van der Waals surface area contributed by atoms with Crippen LogP contribution in [-0.2, 0) is 22.6 Å². The quantitative estimate of drug-likeness (QED) is 0.848. The predicted molar refractivity (Wildman–Crippen MR) is 83.7 cm³/mol. The van der Waals surface area contributed by atoms with Crippen molar-refractivity contribution >= 4 is 35.0 Å². The molecule has 1 aromatic carbocycles. The molecule has 0 radical (unpaired) electrons. The fourth-order valence-corrected chi connectivity index (χ4v) is 2.30. The van der Waals surface area contributed by atoms with Gasteiger partial charge in [-0.1, -0.05) is 29.3 Å². The fraction of sp³-hybridized carbons (Fsp3) is 0.200. The van der Waals surface area contributed by atoms with Crippen LogP contribution in [-0.4, -0.2) is 18.4 Å². The molecule has 1 aromatic heterocycles. The van der Waals surface area contributed by atoms with Crippen molar-refractivity contribution in [2.45, 2.75) is 13.0 Å². The molecule has 2 aromatic rings. The van der Waals surface area contributed by atoms with Crippen LogP contribution in [0.15, 0.2) is 41.0 Å². The summed E-state index contributed by atoms with van der Waals surface area (Å²) in [6.45, 7) is 0.152. The van der Waals surface area contributed by atoms with Gasteiger partial charge in [-0.2, -0.15) is 0 Å². The summed E-state index contributed by atoms with van der Waals surface area (Å²) in [5, 5.41) is 5.99. The lowest BCUT2D eigenvalue weighted by molar-refractivity contribution is -0.125. The van der Waals surface area contributed by atoms with Gasteiger partial charge < -0.3 is 15.1 Å². The molecule has 0 bridgehead atoms. The fourth-order valence-electron chi connectivity index (χ4n) is 1.76. The number of amides is 2. The third-order valence-corrected chi connectivity index (χ3v) is 3.59. The van der Waals surface area contributed by atoms with E-state index in [-0.39, 0.29) is 31.3 Å². The van der Waals surface area contributed by atoms with Gasteiger partial charge in [-0.15, -0.1) is 0 Å². The Morgan fingerprint density at radius 2 is 1.73 bits per heavy atom. The number of nitrogens with one attached hydrogen (secondary N) is 2. The molecule has 0 unspecified atom stereocenters. The van der Waals surface area contributed by atoms with Crippen molar-refractivity contribution < 1.29 is 14.0 Å². The zero-order valence-electron chi connectivity index (χ0n) is 11.6. The first-order valence-electron chi connectivity index (χ1n) is 6.55. The van der Waals surface area contributed by atoms with E-state index in [1.54, 1.807) is 30.3 Å². The van der Waals surface area contributed by atoms with Crippen molar-refractivity contribution in [3.05, 3.63) is 58.0 Å². The molecule has 0 aliphatic heterocycles. The third kappa shape index (κ3) is 4.79. The molecule has 0 spiro atoms. The van der Waals surface area contributed by atoms with Gasteiger partial charge in [0, 0.05) is 10.0 Å². The molecular weight excluding hydrogens is 327 g/mol. The van der Waals surface area contributed by atoms with Crippen LogP contribution in [0.1, 0.15) is 11.3 Å². The van der Waals surface area contributed by atoms with Crippen molar-refractivity contribution in [3.63, 3.8) is 0 Å². The largest absolute Gasteiger partial charge is 0.467 e. The van der Waals surface area contributed by atoms with Crippen LogP contribution in [0.4, 0.5) is 0 Å². The summed E-state index contributed by atoms with van der Waals surface area (Å²) in [6, 6.07) is 8.50. The number of benzene rings is 1. The van der Waals surface area contributed by atoms with Crippen molar-refractivity contribution in [3.8, 4) is 0 Å². The van der Waals surface area contributed by atoms with Crippen molar-refractivity contribution in [2.75, 3.05) is 6.54 Å². The molecule has 22 heavy (non-hydrogen) atoms. The standard InChI is InChI=1S/C15H14Cl2N2O3/c16-12-4-1-5-13(17)11(12)7-14(20)19-9-15(21)18-8-10-3-2-6-22-10/h1-6H,7-9H2,(H,18,21)(H,19,20). The highest BCUT2D eigenvalue weighted by Gasteiger charge is 2.11. The van der Waals surface area contributed by atoms with Gasteiger partial charge in [-0.3, -0.25) is 9.59 Å². The maximum Gasteiger partial charge on any atom is 0.239 e. The Morgan fingerprint density at radius 3 is 2.36 bits per heavy atom. The highest BCUT2D eigenvalue weighted by molar-refractivity contribution is 6.36. The first-order valence-corrected chi connectivity index (χ1v) is 7.30. The van der Waals surface area contributed by atoms with E-state index in [0.717, 1.165) is 0 Å². The van der Waals surface area contributed by atoms with Crippen molar-refractivity contribution in [1.29, 1.82) is 0 Å². The number of carbonyl (C=O) groups is 2. The van der Waals surface area contributed by atoms with E-state index in [2.05, 4.69) is 10.6 Å². The third-order valence-electron chi connectivity index (χ3n) is 2.89. The number of furan rings is 1. The summed E-state index contributed by atoms with van der Waals surface area (Å²) in [7, 11) is 0. The summed E-state index contributed by atoms with van der Waals surface area (Å²) in [5.74, 6) is 0.000630. The molecule has 7 heteroatoms. The minimum atomic E-state index is -0.330. The van der Waals surface area contributed by atoms with Gasteiger partial charge in [0.15, 0.2) is 0 Å². The Balaban J connectivity index is 1.76. The molecule has 0 aliphatic carbocycles. The summed E-state index contributed by atoms with van der Waals surface area (Å²) in [5.41, 5.74) is 0.541. The number of hydrogen-bond acceptors (Lipinski definition) is 3. The Morgan fingerprint density at radius 1 is 1.00 bits per heavy atom.